The van der Waals surface area contributed by atoms with E-state index in [0.29, 0.717) is 34.2 Å². The Morgan fingerprint density at radius 3 is 2.36 bits per heavy atom. The molecule has 2 aliphatic heterocycles. The Hall–Kier alpha value is -4.15. The van der Waals surface area contributed by atoms with E-state index in [9.17, 15) is 14.7 Å². The molecule has 0 spiro atoms. The maximum absolute atomic E-state index is 13.5. The van der Waals surface area contributed by atoms with E-state index in [1.165, 1.54) is 19.1 Å². The molecular weight excluding hydrogens is 701 g/mol. The van der Waals surface area contributed by atoms with E-state index in [4.69, 9.17) is 29.7 Å². The van der Waals surface area contributed by atoms with Crippen LogP contribution in [-0.2, 0) is 25.5 Å². The number of carbonyl (C=O) groups excluding carboxylic acids is 2. The third-order valence-electron chi connectivity index (χ3n) is 11.7. The number of allylic oxidation sites excluding steroid dienone is 2. The van der Waals surface area contributed by atoms with Crippen molar-refractivity contribution in [3.8, 4) is 0 Å². The van der Waals surface area contributed by atoms with Crippen molar-refractivity contribution >= 4 is 70.6 Å². The van der Waals surface area contributed by atoms with Crippen LogP contribution in [0.25, 0.3) is 41.0 Å². The van der Waals surface area contributed by atoms with Crippen molar-refractivity contribution in [1.82, 2.24) is 15.0 Å². The Kier molecular flexibility index (Phi) is 13.2. The molecule has 3 aliphatic rings. The second kappa shape index (κ2) is 17.3. The molecule has 1 saturated heterocycles. The molecule has 10 heteroatoms. The van der Waals surface area contributed by atoms with Crippen molar-refractivity contribution in [1.29, 1.82) is 0 Å². The monoisotopic (exact) mass is 754 g/mol. The van der Waals surface area contributed by atoms with Gasteiger partial charge in [-0.15, -0.1) is 33.1 Å². The summed E-state index contributed by atoms with van der Waals surface area (Å²) in [6, 6.07) is -0.568. The molecule has 9 nitrogen and oxygen atoms in total. The molecule has 3 aromatic heterocycles. The second-order valence-electron chi connectivity index (χ2n) is 15.5. The molecule has 1 fully saturated rings. The Morgan fingerprint density at radius 2 is 1.69 bits per heavy atom. The van der Waals surface area contributed by atoms with Crippen molar-refractivity contribution in [2.24, 2.45) is 23.7 Å². The summed E-state index contributed by atoms with van der Waals surface area (Å²) in [5.41, 5.74) is 9.68. The molecule has 1 N–H and O–H groups in total. The maximum atomic E-state index is 13.5. The van der Waals surface area contributed by atoms with E-state index < -0.39 is 17.9 Å². The number of ether oxygens (including phenoxy) is 2. The predicted molar refractivity (Wildman–Crippen MR) is 220 cm³/mol. The molecule has 3 aromatic rings. The summed E-state index contributed by atoms with van der Waals surface area (Å²) in [5.74, 6) is -1.68. The molecule has 5 heterocycles. The largest absolute Gasteiger partial charge is 2.00 e. The number of fused-ring (bicyclic) bond motifs is 8. The molecule has 6 rings (SSSR count). The van der Waals surface area contributed by atoms with Gasteiger partial charge in [-0.05, 0) is 82.8 Å². The van der Waals surface area contributed by atoms with Crippen LogP contribution in [0.2, 0.25) is 0 Å². The first-order valence-electron chi connectivity index (χ1n) is 19.4. The fraction of sp³-hybridized carbons (Fsp3) is 0.467. The van der Waals surface area contributed by atoms with Gasteiger partial charge in [0.2, 0.25) is 0 Å². The quantitative estimate of drug-likeness (QED) is 0.155. The van der Waals surface area contributed by atoms with E-state index in [-0.39, 0.29) is 59.6 Å². The van der Waals surface area contributed by atoms with Gasteiger partial charge in [0, 0.05) is 11.6 Å². The first kappa shape index (κ1) is 42.0. The van der Waals surface area contributed by atoms with Gasteiger partial charge < -0.3 is 34.8 Å². The summed E-state index contributed by atoms with van der Waals surface area (Å²) in [5, 5.41) is 19.8. The zero-order valence-corrected chi connectivity index (χ0v) is 35.4. The normalized spacial score (nSPS) is 22.2. The third-order valence-corrected chi connectivity index (χ3v) is 11.7. The number of esters is 2. The van der Waals surface area contributed by atoms with E-state index >= 15 is 0 Å². The molecule has 288 valence electrons. The number of methoxy groups -OCH3 is 1. The predicted octanol–water partition coefficient (Wildman–Crippen LogP) is 5.04. The standard InChI is InChI=1S/C45H54N4O5.Mg/c1-11-29-25(6)32-20-34-27(8)31(16-17-38(50)54-19-18-24(5)15-13-14-23(3)4)42(48-34)40-41(45(52)53-10)44(51)39-28(9)35(49-43(39)40)22-37-30(12-2)26(7)33(47-37)21-36(29)46-32;/h11,18,20-23,27,31,41-42,51H,1,12-17,19H2,2-10H3;/q-4;+2/b24-18-,33-21-,34-20-,37-22-;/t27-,31-,41+,42?;/m0./s1. The number of aromatic nitrogens is 3. The Balaban J connectivity index is 0.00000580. The molecule has 1 aliphatic carbocycles. The average Bonchev–Trinajstić information content (AvgIpc) is 3.87. The van der Waals surface area contributed by atoms with Gasteiger partial charge in [0.05, 0.1) is 7.11 Å². The second-order valence-corrected chi connectivity index (χ2v) is 15.5. The van der Waals surface area contributed by atoms with Crippen LogP contribution in [-0.4, -0.2) is 59.9 Å². The molecule has 4 atom stereocenters. The zero-order valence-electron chi connectivity index (χ0n) is 34.0. The summed E-state index contributed by atoms with van der Waals surface area (Å²) < 4.78 is 11.0. The van der Waals surface area contributed by atoms with E-state index in [2.05, 4.69) is 48.1 Å². The van der Waals surface area contributed by atoms with Gasteiger partial charge in [-0.25, -0.2) is 0 Å². The molecule has 55 heavy (non-hydrogen) atoms. The smallest absolute Gasteiger partial charge is 0.681 e. The summed E-state index contributed by atoms with van der Waals surface area (Å²) >= 11 is 0. The van der Waals surface area contributed by atoms with Crippen molar-refractivity contribution in [2.45, 2.75) is 100.0 Å². The number of nitrogens with zero attached hydrogens (tertiary/aromatic N) is 4. The van der Waals surface area contributed by atoms with Gasteiger partial charge in [0.1, 0.15) is 18.3 Å². The van der Waals surface area contributed by atoms with Crippen molar-refractivity contribution < 1.29 is 24.2 Å². The minimum absolute atomic E-state index is 0. The Bertz CT molecular complexity index is 2300. The van der Waals surface area contributed by atoms with Gasteiger partial charge in [-0.3, -0.25) is 9.59 Å². The molecular formula is C45H54MgN4O5-2. The number of aliphatic hydroxyl groups is 1. The summed E-state index contributed by atoms with van der Waals surface area (Å²) in [4.78, 5) is 42.0. The maximum Gasteiger partial charge on any atom is 2.00 e. The molecule has 8 bridgehead atoms. The fourth-order valence-corrected chi connectivity index (χ4v) is 8.44. The van der Waals surface area contributed by atoms with Crippen LogP contribution >= 0.6 is 0 Å². The van der Waals surface area contributed by atoms with Crippen molar-refractivity contribution in [3.05, 3.63) is 95.4 Å². The SMILES string of the molecule is C=Cc1c2[n-]c(c1C)/C=C1\[N-]C(C3=c4[n-]c(c(C)c4=C(O)[C@@H]3C(=O)OC)/C=c3\[n-]/c(c(C)c3CC)=C\2)[C@@H](CCC(=O)OC/C=C(/C)CCCC(C)C)[C@@H]1C.[Mg+2]. The first-order valence-corrected chi connectivity index (χ1v) is 19.4. The number of hydrogen-bond donors (Lipinski definition) is 1. The minimum atomic E-state index is -1.07. The van der Waals surface area contributed by atoms with Crippen LogP contribution < -0.4 is 36.2 Å². The van der Waals surface area contributed by atoms with Crippen LogP contribution in [0.3, 0.4) is 0 Å². The fourth-order valence-electron chi connectivity index (χ4n) is 8.44. The minimum Gasteiger partial charge on any atom is -0.681 e. The van der Waals surface area contributed by atoms with Crippen LogP contribution in [0.5, 0.6) is 0 Å². The number of carbonyl (C=O) groups is 2. The average molecular weight is 755 g/mol. The first-order chi connectivity index (χ1) is 25.8. The van der Waals surface area contributed by atoms with Crippen molar-refractivity contribution in [2.75, 3.05) is 13.7 Å². The van der Waals surface area contributed by atoms with Gasteiger partial charge in [-0.1, -0.05) is 104 Å². The van der Waals surface area contributed by atoms with E-state index in [1.807, 2.05) is 44.2 Å². The van der Waals surface area contributed by atoms with E-state index in [1.54, 1.807) is 0 Å². The topological polar surface area (TPSA) is 129 Å². The summed E-state index contributed by atoms with van der Waals surface area (Å²) in [6.07, 6.45) is 14.5. The molecule has 0 amide bonds. The van der Waals surface area contributed by atoms with E-state index in [0.717, 1.165) is 74.9 Å². The molecule has 1 unspecified atom stereocenters. The van der Waals surface area contributed by atoms with Crippen LogP contribution in [0.4, 0.5) is 0 Å². The number of aliphatic hydroxyl groups excluding tert-OH is 1. The van der Waals surface area contributed by atoms with Gasteiger partial charge in [0.25, 0.3) is 0 Å². The number of rotatable bonds is 12. The number of hydrogen-bond acceptors (Lipinski definition) is 5. The summed E-state index contributed by atoms with van der Waals surface area (Å²) in [6.45, 7) is 21.1. The van der Waals surface area contributed by atoms with Crippen LogP contribution in [0, 0.1) is 44.4 Å². The zero-order chi connectivity index (χ0) is 39.0. The Morgan fingerprint density at radius 1 is 0.982 bits per heavy atom. The van der Waals surface area contributed by atoms with Gasteiger partial charge in [-0.2, -0.15) is 5.70 Å². The summed E-state index contributed by atoms with van der Waals surface area (Å²) in [7, 11) is 1.32. The molecule has 0 saturated carbocycles. The van der Waals surface area contributed by atoms with Gasteiger partial charge in [0.15, 0.2) is 0 Å². The van der Waals surface area contributed by atoms with Gasteiger partial charge >= 0.3 is 35.0 Å². The molecule has 0 radical (unpaired) electrons. The molecule has 0 aromatic carbocycles. The van der Waals surface area contributed by atoms with Crippen LogP contribution in [0.1, 0.15) is 112 Å². The van der Waals surface area contributed by atoms with Crippen molar-refractivity contribution in [3.63, 3.8) is 0 Å². The van der Waals surface area contributed by atoms with Crippen LogP contribution in [0.15, 0.2) is 23.9 Å². The third kappa shape index (κ3) is 8.08. The Labute approximate surface area is 341 Å².